The number of carbonyl (C=O) groups excluding carboxylic acids is 3. The van der Waals surface area contributed by atoms with Gasteiger partial charge in [0, 0.05) is 38.3 Å². The number of hydrogen-bond acceptors (Lipinski definition) is 5. The first kappa shape index (κ1) is 17.0. The van der Waals surface area contributed by atoms with Gasteiger partial charge in [-0.1, -0.05) is 6.07 Å². The highest BCUT2D eigenvalue weighted by molar-refractivity contribution is 7.89. The lowest BCUT2D eigenvalue weighted by Gasteiger charge is -2.42. The molecule has 0 unspecified atom stereocenters. The molecule has 1 aromatic rings. The van der Waals surface area contributed by atoms with E-state index in [4.69, 9.17) is 0 Å². The Morgan fingerprint density at radius 1 is 1.04 bits per heavy atom. The number of rotatable bonds is 2. The van der Waals surface area contributed by atoms with Crippen LogP contribution in [0.3, 0.4) is 0 Å². The first-order valence-electron chi connectivity index (χ1n) is 8.38. The number of nitrogens with one attached hydrogen (secondary N) is 2. The quantitative estimate of drug-likeness (QED) is 0.596. The van der Waals surface area contributed by atoms with Crippen molar-refractivity contribution in [1.82, 2.24) is 19.8 Å². The van der Waals surface area contributed by atoms with Crippen molar-refractivity contribution in [2.75, 3.05) is 32.7 Å². The smallest absolute Gasteiger partial charge is 0.312 e. The van der Waals surface area contributed by atoms with E-state index in [2.05, 4.69) is 10.6 Å². The second kappa shape index (κ2) is 6.06. The van der Waals surface area contributed by atoms with E-state index >= 15 is 0 Å². The van der Waals surface area contributed by atoms with Crippen molar-refractivity contribution >= 4 is 27.7 Å². The van der Waals surface area contributed by atoms with E-state index in [-0.39, 0.29) is 43.0 Å². The fourth-order valence-electron chi connectivity index (χ4n) is 3.60. The number of amides is 3. The number of nitrogens with zero attached hydrogens (tertiary/aromatic N) is 2. The highest BCUT2D eigenvalue weighted by Crippen LogP contribution is 2.24. The standard InChI is InChI=1S/C16H18N4O5S/c21-14-13-7-12(2-1-10(13)3-4-17-14)26(24,25)19-5-6-20-11(9-19)8-18-15(22)16(20)23/h1-2,7,11H,3-6,8-9H2,(H,17,21)(H,18,22)/t11-/m1/s1. The molecule has 0 aliphatic carbocycles. The van der Waals surface area contributed by atoms with Crippen molar-refractivity contribution in [1.29, 1.82) is 0 Å². The van der Waals surface area contributed by atoms with E-state index < -0.39 is 21.8 Å². The molecule has 9 nitrogen and oxygen atoms in total. The summed E-state index contributed by atoms with van der Waals surface area (Å²) in [4.78, 5) is 36.8. The number of piperazine rings is 2. The normalized spacial score (nSPS) is 23.8. The molecule has 0 radical (unpaired) electrons. The van der Waals surface area contributed by atoms with Crippen molar-refractivity contribution < 1.29 is 22.8 Å². The average molecular weight is 378 g/mol. The molecular formula is C16H18N4O5S. The summed E-state index contributed by atoms with van der Waals surface area (Å²) in [7, 11) is -3.80. The maximum atomic E-state index is 13.0. The molecule has 4 rings (SSSR count). The highest BCUT2D eigenvalue weighted by Gasteiger charge is 2.41. The molecule has 26 heavy (non-hydrogen) atoms. The summed E-state index contributed by atoms with van der Waals surface area (Å²) < 4.78 is 27.3. The molecule has 0 bridgehead atoms. The van der Waals surface area contributed by atoms with Crippen LogP contribution in [0.25, 0.3) is 0 Å². The Morgan fingerprint density at radius 3 is 2.65 bits per heavy atom. The van der Waals surface area contributed by atoms with Gasteiger partial charge in [-0.2, -0.15) is 4.31 Å². The van der Waals surface area contributed by atoms with Gasteiger partial charge in [0.25, 0.3) is 5.91 Å². The number of sulfonamides is 1. The summed E-state index contributed by atoms with van der Waals surface area (Å²) in [5, 5.41) is 5.20. The summed E-state index contributed by atoms with van der Waals surface area (Å²) in [6.07, 6.45) is 0.671. The number of fused-ring (bicyclic) bond motifs is 2. The maximum absolute atomic E-state index is 13.0. The Kier molecular flexibility index (Phi) is 3.96. The Bertz CT molecular complexity index is 913. The molecule has 3 aliphatic heterocycles. The van der Waals surface area contributed by atoms with Crippen molar-refractivity contribution in [3.05, 3.63) is 29.3 Å². The van der Waals surface area contributed by atoms with Gasteiger partial charge in [-0.15, -0.1) is 0 Å². The van der Waals surface area contributed by atoms with Crippen LogP contribution in [0.15, 0.2) is 23.1 Å². The first-order valence-corrected chi connectivity index (χ1v) is 9.82. The highest BCUT2D eigenvalue weighted by atomic mass is 32.2. The molecule has 2 saturated heterocycles. The third-order valence-electron chi connectivity index (χ3n) is 5.04. The second-order valence-electron chi connectivity index (χ2n) is 6.55. The molecule has 1 atom stereocenters. The van der Waals surface area contributed by atoms with Crippen LogP contribution in [0.5, 0.6) is 0 Å². The van der Waals surface area contributed by atoms with Crippen molar-refractivity contribution in [2.45, 2.75) is 17.4 Å². The monoisotopic (exact) mass is 378 g/mol. The lowest BCUT2D eigenvalue weighted by Crippen LogP contribution is -2.65. The van der Waals surface area contributed by atoms with Gasteiger partial charge >= 0.3 is 11.8 Å². The molecule has 3 amide bonds. The largest absolute Gasteiger partial charge is 0.352 e. The molecule has 0 aromatic heterocycles. The zero-order valence-corrected chi connectivity index (χ0v) is 14.7. The van der Waals surface area contributed by atoms with Crippen molar-refractivity contribution in [2.24, 2.45) is 0 Å². The van der Waals surface area contributed by atoms with Crippen LogP contribution in [0, 0.1) is 0 Å². The SMILES string of the molecule is O=C1NC[C@@H]2CN(S(=O)(=O)c3ccc4c(c3)C(=O)NCC4)CCN2C1=O. The molecule has 3 aliphatic rings. The zero-order chi connectivity index (χ0) is 18.5. The number of carbonyl (C=O) groups is 3. The van der Waals surface area contributed by atoms with E-state index in [9.17, 15) is 22.8 Å². The predicted octanol–water partition coefficient (Wildman–Crippen LogP) is -1.70. The maximum Gasteiger partial charge on any atom is 0.312 e. The Labute approximate surface area is 150 Å². The van der Waals surface area contributed by atoms with Gasteiger partial charge in [0.05, 0.1) is 10.9 Å². The Hall–Kier alpha value is -2.46. The minimum atomic E-state index is -3.80. The third-order valence-corrected chi connectivity index (χ3v) is 6.90. The first-order chi connectivity index (χ1) is 12.4. The van der Waals surface area contributed by atoms with Gasteiger partial charge in [-0.25, -0.2) is 8.42 Å². The van der Waals surface area contributed by atoms with Gasteiger partial charge in [0.1, 0.15) is 0 Å². The van der Waals surface area contributed by atoms with Gasteiger partial charge < -0.3 is 15.5 Å². The van der Waals surface area contributed by atoms with E-state index in [1.165, 1.54) is 21.3 Å². The van der Waals surface area contributed by atoms with Crippen molar-refractivity contribution in [3.8, 4) is 0 Å². The van der Waals surface area contributed by atoms with Gasteiger partial charge in [0.2, 0.25) is 10.0 Å². The molecule has 10 heteroatoms. The average Bonchev–Trinajstić information content (AvgIpc) is 2.64. The predicted molar refractivity (Wildman–Crippen MR) is 89.7 cm³/mol. The van der Waals surface area contributed by atoms with E-state index in [1.54, 1.807) is 6.07 Å². The van der Waals surface area contributed by atoms with Crippen LogP contribution >= 0.6 is 0 Å². The third kappa shape index (κ3) is 2.65. The van der Waals surface area contributed by atoms with Crippen LogP contribution in [0.1, 0.15) is 15.9 Å². The summed E-state index contributed by atoms with van der Waals surface area (Å²) >= 11 is 0. The molecule has 0 spiro atoms. The molecular weight excluding hydrogens is 360 g/mol. The van der Waals surface area contributed by atoms with Crippen LogP contribution in [0.2, 0.25) is 0 Å². The van der Waals surface area contributed by atoms with Gasteiger partial charge in [0.15, 0.2) is 0 Å². The lowest BCUT2D eigenvalue weighted by atomic mass is 10.0. The second-order valence-corrected chi connectivity index (χ2v) is 8.49. The number of hydrogen-bond donors (Lipinski definition) is 2. The summed E-state index contributed by atoms with van der Waals surface area (Å²) in [6.45, 7) is 1.16. The van der Waals surface area contributed by atoms with Crippen LogP contribution in [-0.2, 0) is 26.0 Å². The van der Waals surface area contributed by atoms with Crippen LogP contribution in [-0.4, -0.2) is 74.1 Å². The zero-order valence-electron chi connectivity index (χ0n) is 13.9. The fraction of sp³-hybridized carbons (Fsp3) is 0.438. The fourth-order valence-corrected chi connectivity index (χ4v) is 5.10. The van der Waals surface area contributed by atoms with E-state index in [0.29, 0.717) is 18.5 Å². The molecule has 0 saturated carbocycles. The van der Waals surface area contributed by atoms with E-state index in [1.807, 2.05) is 0 Å². The molecule has 3 heterocycles. The Balaban J connectivity index is 1.60. The molecule has 1 aromatic carbocycles. The minimum Gasteiger partial charge on any atom is -0.352 e. The number of benzene rings is 1. The van der Waals surface area contributed by atoms with Crippen LogP contribution < -0.4 is 10.6 Å². The summed E-state index contributed by atoms with van der Waals surface area (Å²) in [5.41, 5.74) is 1.22. The summed E-state index contributed by atoms with van der Waals surface area (Å²) in [5.74, 6) is -1.55. The lowest BCUT2D eigenvalue weighted by molar-refractivity contribution is -0.151. The molecule has 2 N–H and O–H groups in total. The van der Waals surface area contributed by atoms with Gasteiger partial charge in [-0.3, -0.25) is 14.4 Å². The molecule has 138 valence electrons. The van der Waals surface area contributed by atoms with Gasteiger partial charge in [-0.05, 0) is 24.1 Å². The molecule has 2 fully saturated rings. The minimum absolute atomic E-state index is 0.0629. The van der Waals surface area contributed by atoms with E-state index in [0.717, 1.165) is 5.56 Å². The van der Waals surface area contributed by atoms with Crippen molar-refractivity contribution in [3.63, 3.8) is 0 Å². The summed E-state index contributed by atoms with van der Waals surface area (Å²) in [6, 6.07) is 4.23. The topological polar surface area (TPSA) is 116 Å². The van der Waals surface area contributed by atoms with Crippen LogP contribution in [0.4, 0.5) is 0 Å². The Morgan fingerprint density at radius 2 is 1.85 bits per heavy atom.